The van der Waals surface area contributed by atoms with Gasteiger partial charge in [-0.15, -0.1) is 0 Å². The number of hydrogen-bond acceptors (Lipinski definition) is 6. The number of benzene rings is 2. The van der Waals surface area contributed by atoms with Crippen molar-refractivity contribution >= 4 is 23.2 Å². The van der Waals surface area contributed by atoms with E-state index in [0.29, 0.717) is 19.5 Å². The lowest BCUT2D eigenvalue weighted by atomic mass is 9.89. The maximum Gasteiger partial charge on any atom is 0.300 e. The van der Waals surface area contributed by atoms with Crippen LogP contribution in [0.15, 0.2) is 54.6 Å². The Balaban J connectivity index is 1.35. The molecule has 1 saturated heterocycles. The highest BCUT2D eigenvalue weighted by atomic mass is 16.6. The van der Waals surface area contributed by atoms with Crippen LogP contribution >= 0.6 is 0 Å². The van der Waals surface area contributed by atoms with Crippen LogP contribution in [0.25, 0.3) is 0 Å². The number of methoxy groups -OCH3 is 1. The predicted octanol–water partition coefficient (Wildman–Crippen LogP) is 4.82. The topological polar surface area (TPSA) is 115 Å². The molecular formula is C28H30N4O5. The van der Waals surface area contributed by atoms with Crippen LogP contribution in [-0.4, -0.2) is 46.8 Å². The van der Waals surface area contributed by atoms with E-state index in [4.69, 9.17) is 4.74 Å². The number of rotatable bonds is 7. The summed E-state index contributed by atoms with van der Waals surface area (Å²) in [5, 5.41) is 14.4. The lowest BCUT2D eigenvalue weighted by molar-refractivity contribution is -0.385. The molecule has 1 aromatic heterocycles. The molecule has 2 amide bonds. The van der Waals surface area contributed by atoms with Gasteiger partial charge in [-0.2, -0.15) is 0 Å². The molecule has 37 heavy (non-hydrogen) atoms. The molecule has 1 aliphatic heterocycles. The second kappa shape index (κ2) is 11.2. The van der Waals surface area contributed by atoms with Crippen molar-refractivity contribution in [1.29, 1.82) is 0 Å². The number of likely N-dealkylation sites (tertiary alicyclic amines) is 1. The largest absolute Gasteiger partial charge is 0.481 e. The van der Waals surface area contributed by atoms with E-state index in [0.717, 1.165) is 40.8 Å². The molecule has 2 heterocycles. The maximum absolute atomic E-state index is 13.0. The summed E-state index contributed by atoms with van der Waals surface area (Å²) < 4.78 is 5.04. The molecule has 9 nitrogen and oxygen atoms in total. The van der Waals surface area contributed by atoms with Gasteiger partial charge in [-0.05, 0) is 61.4 Å². The van der Waals surface area contributed by atoms with Crippen LogP contribution in [0.5, 0.6) is 5.88 Å². The van der Waals surface area contributed by atoms with Crippen LogP contribution in [0.1, 0.15) is 51.5 Å². The van der Waals surface area contributed by atoms with Crippen molar-refractivity contribution in [2.24, 2.45) is 0 Å². The van der Waals surface area contributed by atoms with E-state index in [1.54, 1.807) is 4.90 Å². The standard InChI is InChI=1S/C28H30N4O5/c1-18-4-5-19(2)22(16-18)17-25(33)29-23-8-6-20(7-9-23)21-12-14-31(15-13-21)28(34)27-24(32(35)36)10-11-26(30-27)37-3/h4-11,16,21H,12-15,17H2,1-3H3,(H,29,33). The van der Waals surface area contributed by atoms with Gasteiger partial charge in [0.25, 0.3) is 5.91 Å². The molecule has 192 valence electrons. The first kappa shape index (κ1) is 25.8. The summed E-state index contributed by atoms with van der Waals surface area (Å²) in [5.74, 6) is -0.124. The number of carbonyl (C=O) groups excluding carboxylic acids is 2. The summed E-state index contributed by atoms with van der Waals surface area (Å²) in [7, 11) is 1.40. The molecule has 3 aromatic rings. The normalized spacial score (nSPS) is 13.8. The van der Waals surface area contributed by atoms with E-state index in [1.807, 2.05) is 56.3 Å². The number of amides is 2. The van der Waals surface area contributed by atoms with Gasteiger partial charge in [-0.1, -0.05) is 35.9 Å². The third-order valence-electron chi connectivity index (χ3n) is 6.76. The summed E-state index contributed by atoms with van der Waals surface area (Å²) in [6.07, 6.45) is 1.77. The van der Waals surface area contributed by atoms with Gasteiger partial charge >= 0.3 is 5.69 Å². The van der Waals surface area contributed by atoms with Gasteiger partial charge < -0.3 is 15.0 Å². The van der Waals surface area contributed by atoms with Crippen molar-refractivity contribution in [1.82, 2.24) is 9.88 Å². The highest BCUT2D eigenvalue weighted by molar-refractivity contribution is 5.96. The summed E-state index contributed by atoms with van der Waals surface area (Å²) >= 11 is 0. The average molecular weight is 503 g/mol. The Hall–Kier alpha value is -4.27. The number of aryl methyl sites for hydroxylation is 2. The Morgan fingerprint density at radius 2 is 1.78 bits per heavy atom. The molecule has 0 atom stereocenters. The van der Waals surface area contributed by atoms with E-state index in [1.165, 1.54) is 19.2 Å². The van der Waals surface area contributed by atoms with Crippen LogP contribution in [0.4, 0.5) is 11.4 Å². The number of anilines is 1. The van der Waals surface area contributed by atoms with Crippen LogP contribution in [0.3, 0.4) is 0 Å². The van der Waals surface area contributed by atoms with Gasteiger partial charge in [-0.3, -0.25) is 19.7 Å². The van der Waals surface area contributed by atoms with Crippen molar-refractivity contribution in [3.8, 4) is 5.88 Å². The molecule has 0 saturated carbocycles. The Morgan fingerprint density at radius 1 is 1.08 bits per heavy atom. The van der Waals surface area contributed by atoms with Gasteiger partial charge in [0.1, 0.15) is 0 Å². The van der Waals surface area contributed by atoms with E-state index >= 15 is 0 Å². The SMILES string of the molecule is COc1ccc([N+](=O)[O-])c(C(=O)N2CCC(c3ccc(NC(=O)Cc4cc(C)ccc4C)cc3)CC2)n1. The number of pyridine rings is 1. The maximum atomic E-state index is 13.0. The monoisotopic (exact) mass is 502 g/mol. The quantitative estimate of drug-likeness (QED) is 0.366. The number of nitrogens with zero attached hydrogens (tertiary/aromatic N) is 3. The minimum absolute atomic E-state index is 0.0616. The number of carbonyl (C=O) groups is 2. The Bertz CT molecular complexity index is 1310. The van der Waals surface area contributed by atoms with Crippen molar-refractivity contribution in [3.05, 3.63) is 92.7 Å². The second-order valence-electron chi connectivity index (χ2n) is 9.32. The molecule has 9 heteroatoms. The van der Waals surface area contributed by atoms with Gasteiger partial charge in [0.2, 0.25) is 17.5 Å². The summed E-state index contributed by atoms with van der Waals surface area (Å²) in [6, 6.07) is 16.5. The fourth-order valence-electron chi connectivity index (χ4n) is 4.63. The highest BCUT2D eigenvalue weighted by Gasteiger charge is 2.30. The molecule has 0 bridgehead atoms. The van der Waals surface area contributed by atoms with Gasteiger partial charge in [0.05, 0.1) is 18.5 Å². The van der Waals surface area contributed by atoms with Gasteiger partial charge in [0, 0.05) is 30.9 Å². The van der Waals surface area contributed by atoms with Gasteiger partial charge in [0.15, 0.2) is 0 Å². The molecule has 0 radical (unpaired) electrons. The first-order valence-corrected chi connectivity index (χ1v) is 12.2. The highest BCUT2D eigenvalue weighted by Crippen LogP contribution is 2.31. The second-order valence-corrected chi connectivity index (χ2v) is 9.32. The fraction of sp³-hybridized carbons (Fsp3) is 0.321. The fourth-order valence-corrected chi connectivity index (χ4v) is 4.63. The first-order chi connectivity index (χ1) is 17.7. The van der Waals surface area contributed by atoms with E-state index in [2.05, 4.69) is 10.3 Å². The number of nitrogens with one attached hydrogen (secondary N) is 1. The van der Waals surface area contributed by atoms with Crippen LogP contribution < -0.4 is 10.1 Å². The summed E-state index contributed by atoms with van der Waals surface area (Å²) in [4.78, 5) is 42.0. The number of hydrogen-bond donors (Lipinski definition) is 1. The Labute approximate surface area is 215 Å². The van der Waals surface area contributed by atoms with Crippen molar-refractivity contribution < 1.29 is 19.2 Å². The molecule has 4 rings (SSSR count). The van der Waals surface area contributed by atoms with Crippen LogP contribution in [-0.2, 0) is 11.2 Å². The minimum atomic E-state index is -0.602. The first-order valence-electron chi connectivity index (χ1n) is 12.2. The zero-order valence-electron chi connectivity index (χ0n) is 21.2. The van der Waals surface area contributed by atoms with Crippen molar-refractivity contribution in [3.63, 3.8) is 0 Å². The van der Waals surface area contributed by atoms with Gasteiger partial charge in [-0.25, -0.2) is 4.98 Å². The van der Waals surface area contributed by atoms with Crippen molar-refractivity contribution in [2.75, 3.05) is 25.5 Å². The number of aromatic nitrogens is 1. The third-order valence-corrected chi connectivity index (χ3v) is 6.76. The molecule has 1 N–H and O–H groups in total. The van der Waals surface area contributed by atoms with E-state index in [-0.39, 0.29) is 29.1 Å². The molecule has 0 unspecified atom stereocenters. The van der Waals surface area contributed by atoms with Crippen LogP contribution in [0, 0.1) is 24.0 Å². The van der Waals surface area contributed by atoms with Crippen LogP contribution in [0.2, 0.25) is 0 Å². The van der Waals surface area contributed by atoms with E-state index < -0.39 is 10.8 Å². The number of ether oxygens (including phenoxy) is 1. The minimum Gasteiger partial charge on any atom is -0.481 e. The summed E-state index contributed by atoms with van der Waals surface area (Å²) in [6.45, 7) is 4.95. The van der Waals surface area contributed by atoms with E-state index in [9.17, 15) is 19.7 Å². The lowest BCUT2D eigenvalue weighted by Gasteiger charge is -2.32. The molecule has 0 spiro atoms. The smallest absolute Gasteiger partial charge is 0.300 e. The zero-order chi connectivity index (χ0) is 26.5. The lowest BCUT2D eigenvalue weighted by Crippen LogP contribution is -2.38. The number of piperidine rings is 1. The molecule has 2 aromatic carbocycles. The molecular weight excluding hydrogens is 472 g/mol. The molecule has 1 fully saturated rings. The Kier molecular flexibility index (Phi) is 7.81. The number of nitro groups is 1. The average Bonchev–Trinajstić information content (AvgIpc) is 2.90. The molecule has 0 aliphatic carbocycles. The molecule has 1 aliphatic rings. The zero-order valence-corrected chi connectivity index (χ0v) is 21.2. The Morgan fingerprint density at radius 3 is 2.43 bits per heavy atom. The van der Waals surface area contributed by atoms with Crippen molar-refractivity contribution in [2.45, 2.75) is 39.0 Å². The predicted molar refractivity (Wildman–Crippen MR) is 140 cm³/mol. The summed E-state index contributed by atoms with van der Waals surface area (Å²) in [5.41, 5.74) is 4.58. The third kappa shape index (κ3) is 6.11.